The maximum absolute atomic E-state index is 5.78. The SMILES string of the molecule is CCCOc1ncccc1CN=C(NCC)N1CCC(C)C(n2ccnc2)C1. The minimum absolute atomic E-state index is 0.405. The van der Waals surface area contributed by atoms with Crippen molar-refractivity contribution in [1.82, 2.24) is 24.8 Å². The van der Waals surface area contributed by atoms with Crippen LogP contribution in [0, 0.1) is 5.92 Å². The predicted molar refractivity (Wildman–Crippen MR) is 111 cm³/mol. The number of hydrogen-bond donors (Lipinski definition) is 1. The van der Waals surface area contributed by atoms with E-state index >= 15 is 0 Å². The van der Waals surface area contributed by atoms with E-state index in [4.69, 9.17) is 9.73 Å². The molecule has 0 bridgehead atoms. The standard InChI is InChI=1S/C21H32N6O/c1-4-13-28-20-18(7-6-9-24-20)14-25-21(23-5-2)26-11-8-17(3)19(15-26)27-12-10-22-16-27/h6-7,9-10,12,16-17,19H,4-5,8,11,13-15H2,1-3H3,(H,23,25). The summed E-state index contributed by atoms with van der Waals surface area (Å²) in [6.45, 7) is 10.5. The van der Waals surface area contributed by atoms with E-state index in [1.54, 1.807) is 6.20 Å². The van der Waals surface area contributed by atoms with Crippen molar-refractivity contribution in [1.29, 1.82) is 0 Å². The quantitative estimate of drug-likeness (QED) is 0.587. The van der Waals surface area contributed by atoms with Crippen molar-refractivity contribution >= 4 is 5.96 Å². The lowest BCUT2D eigenvalue weighted by Gasteiger charge is -2.39. The van der Waals surface area contributed by atoms with Crippen LogP contribution in [0.1, 0.15) is 45.2 Å². The number of piperidine rings is 1. The van der Waals surface area contributed by atoms with Gasteiger partial charge in [-0.2, -0.15) is 0 Å². The normalized spacial score (nSPS) is 20.2. The molecule has 1 N–H and O–H groups in total. The lowest BCUT2D eigenvalue weighted by Crippen LogP contribution is -2.49. The minimum Gasteiger partial charge on any atom is -0.477 e. The van der Waals surface area contributed by atoms with Crippen LogP contribution in [0.2, 0.25) is 0 Å². The average molecular weight is 385 g/mol. The van der Waals surface area contributed by atoms with Gasteiger partial charge in [-0.05, 0) is 31.7 Å². The van der Waals surface area contributed by atoms with Gasteiger partial charge >= 0.3 is 0 Å². The van der Waals surface area contributed by atoms with Crippen LogP contribution in [0.5, 0.6) is 5.88 Å². The fourth-order valence-corrected chi connectivity index (χ4v) is 3.55. The van der Waals surface area contributed by atoms with Gasteiger partial charge in [-0.25, -0.2) is 15.0 Å². The molecule has 1 saturated heterocycles. The first-order valence-corrected chi connectivity index (χ1v) is 10.3. The lowest BCUT2D eigenvalue weighted by atomic mass is 9.93. The molecule has 7 nitrogen and oxygen atoms in total. The summed E-state index contributed by atoms with van der Waals surface area (Å²) < 4.78 is 8.00. The molecular formula is C21H32N6O. The number of aliphatic imine (C=N–C) groups is 1. The molecule has 28 heavy (non-hydrogen) atoms. The molecule has 0 aliphatic carbocycles. The molecule has 0 saturated carbocycles. The van der Waals surface area contributed by atoms with Crippen molar-refractivity contribution in [2.75, 3.05) is 26.2 Å². The first-order valence-electron chi connectivity index (χ1n) is 10.3. The molecule has 0 spiro atoms. The van der Waals surface area contributed by atoms with Crippen LogP contribution in [0.25, 0.3) is 0 Å². The Hall–Kier alpha value is -2.57. The molecule has 1 fully saturated rings. The van der Waals surface area contributed by atoms with Gasteiger partial charge < -0.3 is 19.5 Å². The zero-order valence-electron chi connectivity index (χ0n) is 17.2. The second kappa shape index (κ2) is 10.1. The van der Waals surface area contributed by atoms with Gasteiger partial charge in [0.1, 0.15) is 0 Å². The fourth-order valence-electron chi connectivity index (χ4n) is 3.55. The highest BCUT2D eigenvalue weighted by Crippen LogP contribution is 2.27. The third-order valence-electron chi connectivity index (χ3n) is 5.15. The number of aromatic nitrogens is 3. The average Bonchev–Trinajstić information content (AvgIpc) is 3.25. The summed E-state index contributed by atoms with van der Waals surface area (Å²) in [4.78, 5) is 15.9. The number of ether oxygens (including phenoxy) is 1. The second-order valence-electron chi connectivity index (χ2n) is 7.28. The van der Waals surface area contributed by atoms with E-state index in [1.165, 1.54) is 0 Å². The molecular weight excluding hydrogens is 352 g/mol. The Kier molecular flexibility index (Phi) is 7.28. The molecule has 152 valence electrons. The Balaban J connectivity index is 1.74. The van der Waals surface area contributed by atoms with Crippen molar-refractivity contribution in [3.8, 4) is 5.88 Å². The molecule has 0 amide bonds. The van der Waals surface area contributed by atoms with Crippen molar-refractivity contribution in [2.24, 2.45) is 10.9 Å². The Bertz CT molecular complexity index is 745. The molecule has 3 rings (SSSR count). The summed E-state index contributed by atoms with van der Waals surface area (Å²) in [7, 11) is 0. The van der Waals surface area contributed by atoms with Gasteiger partial charge in [0, 0.05) is 43.8 Å². The third kappa shape index (κ3) is 5.03. The maximum atomic E-state index is 5.78. The topological polar surface area (TPSA) is 67.6 Å². The van der Waals surface area contributed by atoms with E-state index in [0.29, 0.717) is 31.0 Å². The highest BCUT2D eigenvalue weighted by atomic mass is 16.5. The van der Waals surface area contributed by atoms with E-state index in [1.807, 2.05) is 24.7 Å². The van der Waals surface area contributed by atoms with Crippen molar-refractivity contribution in [2.45, 2.75) is 46.2 Å². The molecule has 2 aromatic rings. The fraction of sp³-hybridized carbons (Fsp3) is 0.571. The molecule has 3 heterocycles. The Morgan fingerprint density at radius 3 is 3.00 bits per heavy atom. The summed E-state index contributed by atoms with van der Waals surface area (Å²) in [6, 6.07) is 4.38. The molecule has 2 unspecified atom stereocenters. The van der Waals surface area contributed by atoms with Crippen LogP contribution in [-0.2, 0) is 6.54 Å². The zero-order chi connectivity index (χ0) is 19.8. The van der Waals surface area contributed by atoms with E-state index in [2.05, 4.69) is 51.7 Å². The Morgan fingerprint density at radius 1 is 1.36 bits per heavy atom. The number of imidazole rings is 1. The number of hydrogen-bond acceptors (Lipinski definition) is 4. The van der Waals surface area contributed by atoms with Gasteiger partial charge in [0.15, 0.2) is 5.96 Å². The Morgan fingerprint density at radius 2 is 2.25 bits per heavy atom. The van der Waals surface area contributed by atoms with E-state index in [0.717, 1.165) is 44.0 Å². The van der Waals surface area contributed by atoms with Gasteiger partial charge in [-0.15, -0.1) is 0 Å². The largest absolute Gasteiger partial charge is 0.477 e. The van der Waals surface area contributed by atoms with Gasteiger partial charge in [0.2, 0.25) is 5.88 Å². The summed E-state index contributed by atoms with van der Waals surface area (Å²) in [5.74, 6) is 2.25. The highest BCUT2D eigenvalue weighted by Gasteiger charge is 2.28. The smallest absolute Gasteiger partial charge is 0.218 e. The first-order chi connectivity index (χ1) is 13.7. The minimum atomic E-state index is 0.405. The van der Waals surface area contributed by atoms with Gasteiger partial charge in [-0.3, -0.25) is 0 Å². The van der Waals surface area contributed by atoms with Crippen molar-refractivity contribution in [3.63, 3.8) is 0 Å². The molecule has 2 atom stereocenters. The van der Waals surface area contributed by atoms with Crippen LogP contribution in [0.3, 0.4) is 0 Å². The number of nitrogens with zero attached hydrogens (tertiary/aromatic N) is 5. The van der Waals surface area contributed by atoms with E-state index in [-0.39, 0.29) is 0 Å². The molecule has 0 radical (unpaired) electrons. The van der Waals surface area contributed by atoms with Gasteiger partial charge in [-0.1, -0.05) is 19.9 Å². The molecule has 2 aromatic heterocycles. The summed E-state index contributed by atoms with van der Waals surface area (Å²) >= 11 is 0. The lowest BCUT2D eigenvalue weighted by molar-refractivity contribution is 0.189. The second-order valence-corrected chi connectivity index (χ2v) is 7.28. The monoisotopic (exact) mass is 384 g/mol. The number of likely N-dealkylation sites (tertiary alicyclic amines) is 1. The third-order valence-corrected chi connectivity index (χ3v) is 5.15. The number of guanidine groups is 1. The molecule has 7 heteroatoms. The van der Waals surface area contributed by atoms with Crippen LogP contribution >= 0.6 is 0 Å². The number of pyridine rings is 1. The van der Waals surface area contributed by atoms with Crippen molar-refractivity contribution < 1.29 is 4.74 Å². The van der Waals surface area contributed by atoms with Crippen LogP contribution in [0.15, 0.2) is 42.0 Å². The summed E-state index contributed by atoms with van der Waals surface area (Å²) in [6.07, 6.45) is 9.69. The number of nitrogens with one attached hydrogen (secondary N) is 1. The predicted octanol–water partition coefficient (Wildman–Crippen LogP) is 3.12. The Labute approximate surface area is 167 Å². The maximum Gasteiger partial charge on any atom is 0.218 e. The van der Waals surface area contributed by atoms with Crippen LogP contribution in [-0.4, -0.2) is 51.6 Å². The number of rotatable bonds is 7. The zero-order valence-corrected chi connectivity index (χ0v) is 17.2. The van der Waals surface area contributed by atoms with Crippen LogP contribution < -0.4 is 10.1 Å². The van der Waals surface area contributed by atoms with Gasteiger partial charge in [0.05, 0.1) is 25.5 Å². The molecule has 1 aliphatic rings. The van der Waals surface area contributed by atoms with Crippen LogP contribution in [0.4, 0.5) is 0 Å². The molecule has 1 aliphatic heterocycles. The van der Waals surface area contributed by atoms with E-state index < -0.39 is 0 Å². The van der Waals surface area contributed by atoms with Crippen molar-refractivity contribution in [3.05, 3.63) is 42.6 Å². The first kappa shape index (κ1) is 20.2. The van der Waals surface area contributed by atoms with E-state index in [9.17, 15) is 0 Å². The summed E-state index contributed by atoms with van der Waals surface area (Å²) in [5, 5.41) is 3.46. The van der Waals surface area contributed by atoms with Gasteiger partial charge in [0.25, 0.3) is 0 Å². The summed E-state index contributed by atoms with van der Waals surface area (Å²) in [5.41, 5.74) is 1.02. The highest BCUT2D eigenvalue weighted by molar-refractivity contribution is 5.80. The molecule has 0 aromatic carbocycles.